The predicted molar refractivity (Wildman–Crippen MR) is 62.4 cm³/mol. The number of rotatable bonds is 4. The number of nitriles is 2. The summed E-state index contributed by atoms with van der Waals surface area (Å²) in [7, 11) is 0. The van der Waals surface area contributed by atoms with Gasteiger partial charge in [-0.2, -0.15) is 10.5 Å². The maximum atomic E-state index is 11.8. The van der Waals surface area contributed by atoms with Crippen LogP contribution in [0.25, 0.3) is 0 Å². The first-order valence-corrected chi connectivity index (χ1v) is 5.03. The van der Waals surface area contributed by atoms with Crippen molar-refractivity contribution in [2.45, 2.75) is 6.42 Å². The van der Waals surface area contributed by atoms with Gasteiger partial charge in [0, 0.05) is 5.69 Å². The summed E-state index contributed by atoms with van der Waals surface area (Å²) in [6, 6.07) is 10.7. The third kappa shape index (κ3) is 3.84. The van der Waals surface area contributed by atoms with Crippen molar-refractivity contribution in [3.63, 3.8) is 0 Å². The highest BCUT2D eigenvalue weighted by Gasteiger charge is 2.13. The number of carbonyl (C=O) groups is 1. The number of nitrogens with zero attached hydrogens (tertiary/aromatic N) is 3. The molecule has 1 amide bonds. The Labute approximate surface area is 99.7 Å². The molecule has 0 saturated heterocycles. The van der Waals surface area contributed by atoms with Gasteiger partial charge in [0.05, 0.1) is 18.6 Å². The molecule has 0 unspecified atom stereocenters. The second kappa shape index (κ2) is 6.14. The van der Waals surface area contributed by atoms with E-state index in [0.29, 0.717) is 5.69 Å². The molecule has 0 aliphatic carbocycles. The molecule has 5 nitrogen and oxygen atoms in total. The third-order valence-corrected chi connectivity index (χ3v) is 2.18. The highest BCUT2D eigenvalue weighted by Crippen LogP contribution is 2.08. The summed E-state index contributed by atoms with van der Waals surface area (Å²) in [5.41, 5.74) is 6.96. The van der Waals surface area contributed by atoms with E-state index in [-0.39, 0.29) is 25.4 Å². The van der Waals surface area contributed by atoms with Crippen LogP contribution in [-0.4, -0.2) is 23.9 Å². The molecule has 0 aliphatic heterocycles. The lowest BCUT2D eigenvalue weighted by Gasteiger charge is -2.15. The van der Waals surface area contributed by atoms with Crippen LogP contribution in [0.15, 0.2) is 24.3 Å². The number of nitrogens with two attached hydrogens (primary N) is 1. The Morgan fingerprint density at radius 1 is 1.29 bits per heavy atom. The van der Waals surface area contributed by atoms with Crippen LogP contribution in [0, 0.1) is 22.7 Å². The Kier molecular flexibility index (Phi) is 4.53. The van der Waals surface area contributed by atoms with Gasteiger partial charge < -0.3 is 10.6 Å². The average Bonchev–Trinajstić information content (AvgIpc) is 2.28. The molecule has 0 spiro atoms. The molecule has 0 aliphatic rings. The third-order valence-electron chi connectivity index (χ3n) is 2.18. The molecular formula is C12H12N4O. The van der Waals surface area contributed by atoms with E-state index in [1.54, 1.807) is 24.3 Å². The van der Waals surface area contributed by atoms with E-state index in [0.717, 1.165) is 5.56 Å². The van der Waals surface area contributed by atoms with Gasteiger partial charge in [-0.3, -0.25) is 4.79 Å². The number of anilines is 1. The topological polar surface area (TPSA) is 93.9 Å². The molecule has 5 heteroatoms. The second-order valence-corrected chi connectivity index (χ2v) is 3.49. The van der Waals surface area contributed by atoms with Crippen molar-refractivity contribution in [2.75, 3.05) is 18.8 Å². The summed E-state index contributed by atoms with van der Waals surface area (Å²) >= 11 is 0. The molecule has 1 aromatic carbocycles. The van der Waals surface area contributed by atoms with Crippen LogP contribution in [0.3, 0.4) is 0 Å². The van der Waals surface area contributed by atoms with Crippen LogP contribution in [0.1, 0.15) is 5.56 Å². The van der Waals surface area contributed by atoms with Gasteiger partial charge in [0.2, 0.25) is 5.91 Å². The van der Waals surface area contributed by atoms with Crippen LogP contribution in [0.5, 0.6) is 0 Å². The van der Waals surface area contributed by atoms with Gasteiger partial charge in [0.25, 0.3) is 0 Å². The van der Waals surface area contributed by atoms with Crippen LogP contribution in [0.4, 0.5) is 5.69 Å². The van der Waals surface area contributed by atoms with Crippen molar-refractivity contribution in [1.82, 2.24) is 4.90 Å². The van der Waals surface area contributed by atoms with Crippen molar-refractivity contribution < 1.29 is 4.79 Å². The number of amides is 1. The second-order valence-electron chi connectivity index (χ2n) is 3.49. The summed E-state index contributed by atoms with van der Waals surface area (Å²) in [6.45, 7) is -0.149. The smallest absolute Gasteiger partial charge is 0.228 e. The van der Waals surface area contributed by atoms with E-state index in [4.69, 9.17) is 16.3 Å². The maximum absolute atomic E-state index is 11.8. The number of nitrogen functional groups attached to an aromatic ring is 1. The minimum absolute atomic E-state index is 0.0747. The van der Waals surface area contributed by atoms with E-state index in [1.807, 2.05) is 12.1 Å². The zero-order valence-electron chi connectivity index (χ0n) is 9.26. The molecule has 0 fully saturated rings. The Morgan fingerprint density at radius 3 is 2.47 bits per heavy atom. The van der Waals surface area contributed by atoms with Gasteiger partial charge in [-0.05, 0) is 17.7 Å². The van der Waals surface area contributed by atoms with Gasteiger partial charge in [-0.15, -0.1) is 0 Å². The Morgan fingerprint density at radius 2 is 1.94 bits per heavy atom. The normalized spacial score (nSPS) is 9.06. The van der Waals surface area contributed by atoms with Crippen LogP contribution >= 0.6 is 0 Å². The van der Waals surface area contributed by atoms with E-state index < -0.39 is 0 Å². The van der Waals surface area contributed by atoms with Gasteiger partial charge >= 0.3 is 0 Å². The summed E-state index contributed by atoms with van der Waals surface area (Å²) in [4.78, 5) is 13.0. The number of benzene rings is 1. The molecule has 1 aromatic rings. The maximum Gasteiger partial charge on any atom is 0.228 e. The van der Waals surface area contributed by atoms with Crippen LogP contribution < -0.4 is 5.73 Å². The van der Waals surface area contributed by atoms with Gasteiger partial charge in [-0.1, -0.05) is 12.1 Å². The number of carbonyl (C=O) groups excluding carboxylic acids is 1. The Balaban J connectivity index is 2.71. The lowest BCUT2D eigenvalue weighted by molar-refractivity contribution is -0.129. The molecule has 2 N–H and O–H groups in total. The molecule has 0 atom stereocenters. The molecule has 17 heavy (non-hydrogen) atoms. The van der Waals surface area contributed by atoms with Crippen molar-refractivity contribution in [3.8, 4) is 12.1 Å². The first-order valence-electron chi connectivity index (χ1n) is 5.03. The Bertz CT molecular complexity index is 468. The lowest BCUT2D eigenvalue weighted by Crippen LogP contribution is -2.33. The van der Waals surface area contributed by atoms with Gasteiger partial charge in [-0.25, -0.2) is 0 Å². The molecule has 0 radical (unpaired) electrons. The minimum atomic E-state index is -0.251. The number of hydrogen-bond acceptors (Lipinski definition) is 4. The van der Waals surface area contributed by atoms with Crippen molar-refractivity contribution in [1.29, 1.82) is 10.5 Å². The highest BCUT2D eigenvalue weighted by molar-refractivity contribution is 5.79. The fourth-order valence-electron chi connectivity index (χ4n) is 1.39. The highest BCUT2D eigenvalue weighted by atomic mass is 16.2. The first kappa shape index (κ1) is 12.5. The fourth-order valence-corrected chi connectivity index (χ4v) is 1.39. The lowest BCUT2D eigenvalue weighted by atomic mass is 10.1. The molecule has 86 valence electrons. The molecule has 0 bridgehead atoms. The average molecular weight is 228 g/mol. The first-order chi connectivity index (χ1) is 8.17. The van der Waals surface area contributed by atoms with E-state index >= 15 is 0 Å². The minimum Gasteiger partial charge on any atom is -0.399 e. The molecule has 0 heterocycles. The van der Waals surface area contributed by atoms with Crippen molar-refractivity contribution >= 4 is 11.6 Å². The van der Waals surface area contributed by atoms with E-state index in [1.165, 1.54) is 4.90 Å². The van der Waals surface area contributed by atoms with Crippen LogP contribution in [-0.2, 0) is 11.2 Å². The molecule has 1 rings (SSSR count). The van der Waals surface area contributed by atoms with Crippen molar-refractivity contribution in [3.05, 3.63) is 29.8 Å². The van der Waals surface area contributed by atoms with E-state index in [2.05, 4.69) is 0 Å². The zero-order chi connectivity index (χ0) is 12.7. The summed E-state index contributed by atoms with van der Waals surface area (Å²) < 4.78 is 0. The fraction of sp³-hybridized carbons (Fsp3) is 0.250. The summed E-state index contributed by atoms with van der Waals surface area (Å²) in [5, 5.41) is 17.1. The predicted octanol–water partition coefficient (Wildman–Crippen LogP) is 0.687. The Hall–Kier alpha value is -2.53. The van der Waals surface area contributed by atoms with Crippen molar-refractivity contribution in [2.24, 2.45) is 0 Å². The summed E-state index contributed by atoms with van der Waals surface area (Å²) in [6.07, 6.45) is 0.147. The summed E-state index contributed by atoms with van der Waals surface area (Å²) in [5.74, 6) is -0.251. The van der Waals surface area contributed by atoms with Gasteiger partial charge in [0.15, 0.2) is 0 Å². The molecule has 0 saturated carbocycles. The standard InChI is InChI=1S/C12H12N4O/c13-4-6-16(7-5-14)12(17)9-10-2-1-3-11(15)8-10/h1-3,8H,6-7,9,15H2. The quantitative estimate of drug-likeness (QED) is 0.605. The SMILES string of the molecule is N#CCN(CC#N)C(=O)Cc1cccc(N)c1. The van der Waals surface area contributed by atoms with Gasteiger partial charge in [0.1, 0.15) is 13.1 Å². The largest absolute Gasteiger partial charge is 0.399 e. The molecule has 0 aromatic heterocycles. The monoisotopic (exact) mass is 228 g/mol. The van der Waals surface area contributed by atoms with Crippen LogP contribution in [0.2, 0.25) is 0 Å². The van der Waals surface area contributed by atoms with E-state index in [9.17, 15) is 4.79 Å². The molecular weight excluding hydrogens is 216 g/mol. The zero-order valence-corrected chi connectivity index (χ0v) is 9.26. The number of hydrogen-bond donors (Lipinski definition) is 1.